The predicted molar refractivity (Wildman–Crippen MR) is 72.8 cm³/mol. The lowest BCUT2D eigenvalue weighted by molar-refractivity contribution is 0.240. The molecule has 0 bridgehead atoms. The van der Waals surface area contributed by atoms with Crippen LogP contribution in [-0.4, -0.2) is 6.10 Å². The molecule has 3 rings (SSSR count). The number of benzene rings is 2. The van der Waals surface area contributed by atoms with Gasteiger partial charge in [-0.3, -0.25) is 0 Å². The largest absolute Gasteiger partial charge is 0.491 e. The molecule has 0 unspecified atom stereocenters. The summed E-state index contributed by atoms with van der Waals surface area (Å²) in [5, 5.41) is 0. The zero-order valence-electron chi connectivity index (χ0n) is 10.9. The molecule has 20 heavy (non-hydrogen) atoms. The van der Waals surface area contributed by atoms with Gasteiger partial charge in [-0.15, -0.1) is 0 Å². The Balaban J connectivity index is 2.01. The highest BCUT2D eigenvalue weighted by Crippen LogP contribution is 2.49. The van der Waals surface area contributed by atoms with Crippen LogP contribution in [0.2, 0.25) is 0 Å². The van der Waals surface area contributed by atoms with E-state index in [1.807, 2.05) is 13.8 Å². The second kappa shape index (κ2) is 4.98. The van der Waals surface area contributed by atoms with Gasteiger partial charge in [0, 0.05) is 18.2 Å². The third-order valence-corrected chi connectivity index (χ3v) is 3.85. The second-order valence-corrected chi connectivity index (χ2v) is 5.75. The highest BCUT2D eigenvalue weighted by atomic mass is 32.2. The van der Waals surface area contributed by atoms with Crippen molar-refractivity contribution in [2.45, 2.75) is 29.7 Å². The normalized spacial score (nSPS) is 12.7. The highest BCUT2D eigenvalue weighted by Gasteiger charge is 2.23. The molecule has 1 heterocycles. The highest BCUT2D eigenvalue weighted by molar-refractivity contribution is 7.99. The van der Waals surface area contributed by atoms with E-state index in [2.05, 4.69) is 0 Å². The molecule has 1 aliphatic rings. The van der Waals surface area contributed by atoms with Gasteiger partial charge in [0.05, 0.1) is 15.9 Å². The molecule has 0 radical (unpaired) electrons. The van der Waals surface area contributed by atoms with Crippen LogP contribution in [0.15, 0.2) is 40.1 Å². The van der Waals surface area contributed by atoms with E-state index < -0.39 is 5.82 Å². The Morgan fingerprint density at radius 3 is 2.65 bits per heavy atom. The fourth-order valence-electron chi connectivity index (χ4n) is 1.93. The molecule has 0 saturated heterocycles. The van der Waals surface area contributed by atoms with E-state index in [0.717, 1.165) is 0 Å². The third-order valence-electron chi connectivity index (χ3n) is 2.69. The lowest BCUT2D eigenvalue weighted by Gasteiger charge is -2.21. The minimum atomic E-state index is -0.405. The summed E-state index contributed by atoms with van der Waals surface area (Å²) in [6.45, 7) is 3.72. The Kier molecular flexibility index (Phi) is 3.30. The van der Waals surface area contributed by atoms with Gasteiger partial charge in [0.25, 0.3) is 0 Å². The van der Waals surface area contributed by atoms with Crippen molar-refractivity contribution in [3.05, 3.63) is 42.0 Å². The van der Waals surface area contributed by atoms with Gasteiger partial charge in [-0.2, -0.15) is 0 Å². The summed E-state index contributed by atoms with van der Waals surface area (Å²) in [6.07, 6.45) is -0.0616. The Bertz CT molecular complexity index is 671. The third kappa shape index (κ3) is 2.45. The quantitative estimate of drug-likeness (QED) is 0.662. The molecular formula is C15H12F2O2S. The van der Waals surface area contributed by atoms with Crippen LogP contribution in [0.3, 0.4) is 0 Å². The minimum Gasteiger partial charge on any atom is -0.491 e. The Labute approximate surface area is 119 Å². The first-order valence-electron chi connectivity index (χ1n) is 6.18. The standard InChI is InChI=1S/C15H12F2O2S/c1-8(2)18-10-6-11(17)15-13(7-10)19-12-5-9(16)3-4-14(12)20-15/h3-8H,1-2H3. The first-order chi connectivity index (χ1) is 9.52. The lowest BCUT2D eigenvalue weighted by Crippen LogP contribution is -2.07. The molecule has 0 aliphatic carbocycles. The van der Waals surface area contributed by atoms with Crippen LogP contribution in [0.1, 0.15) is 13.8 Å². The lowest BCUT2D eigenvalue weighted by atomic mass is 10.3. The molecule has 0 saturated carbocycles. The molecule has 0 amide bonds. The van der Waals surface area contributed by atoms with Gasteiger partial charge in [0.2, 0.25) is 0 Å². The van der Waals surface area contributed by atoms with Crippen molar-refractivity contribution in [3.8, 4) is 17.2 Å². The van der Waals surface area contributed by atoms with Crippen LogP contribution in [0.4, 0.5) is 8.78 Å². The van der Waals surface area contributed by atoms with Crippen LogP contribution in [0, 0.1) is 11.6 Å². The average molecular weight is 294 g/mol. The molecule has 1 aliphatic heterocycles. The summed E-state index contributed by atoms with van der Waals surface area (Å²) in [6, 6.07) is 7.16. The van der Waals surface area contributed by atoms with Gasteiger partial charge >= 0.3 is 0 Å². The number of halogens is 2. The van der Waals surface area contributed by atoms with E-state index in [1.165, 1.54) is 30.0 Å². The first kappa shape index (κ1) is 13.2. The molecule has 5 heteroatoms. The Morgan fingerprint density at radius 2 is 1.90 bits per heavy atom. The number of hydrogen-bond acceptors (Lipinski definition) is 3. The summed E-state index contributed by atoms with van der Waals surface area (Å²) in [7, 11) is 0. The van der Waals surface area contributed by atoms with Crippen LogP contribution in [0.5, 0.6) is 17.2 Å². The summed E-state index contributed by atoms with van der Waals surface area (Å²) < 4.78 is 38.4. The monoisotopic (exact) mass is 294 g/mol. The fourth-order valence-corrected chi connectivity index (χ4v) is 2.85. The molecule has 0 atom stereocenters. The van der Waals surface area contributed by atoms with E-state index in [-0.39, 0.29) is 11.9 Å². The number of ether oxygens (including phenoxy) is 2. The van der Waals surface area contributed by atoms with Crippen LogP contribution >= 0.6 is 11.8 Å². The van der Waals surface area contributed by atoms with Crippen molar-refractivity contribution in [1.82, 2.24) is 0 Å². The topological polar surface area (TPSA) is 18.5 Å². The molecular weight excluding hydrogens is 282 g/mol. The second-order valence-electron chi connectivity index (χ2n) is 4.69. The van der Waals surface area contributed by atoms with E-state index in [9.17, 15) is 8.78 Å². The Morgan fingerprint density at radius 1 is 1.10 bits per heavy atom. The molecule has 2 aromatic rings. The maximum Gasteiger partial charge on any atom is 0.148 e. The predicted octanol–water partition coefficient (Wildman–Crippen LogP) is 5.01. The van der Waals surface area contributed by atoms with Crippen LogP contribution in [0.25, 0.3) is 0 Å². The molecule has 0 N–H and O–H groups in total. The van der Waals surface area contributed by atoms with Gasteiger partial charge in [-0.05, 0) is 26.0 Å². The molecule has 2 aromatic carbocycles. The van der Waals surface area contributed by atoms with E-state index in [1.54, 1.807) is 12.1 Å². The van der Waals surface area contributed by atoms with Crippen LogP contribution < -0.4 is 9.47 Å². The SMILES string of the molecule is CC(C)Oc1cc(F)c2c(c1)Oc1cc(F)ccc1S2. The van der Waals surface area contributed by atoms with Crippen molar-refractivity contribution < 1.29 is 18.3 Å². The summed E-state index contributed by atoms with van der Waals surface area (Å²) in [5.74, 6) is 0.352. The number of hydrogen-bond donors (Lipinski definition) is 0. The molecule has 0 spiro atoms. The van der Waals surface area contributed by atoms with E-state index in [0.29, 0.717) is 27.0 Å². The van der Waals surface area contributed by atoms with Gasteiger partial charge < -0.3 is 9.47 Å². The first-order valence-corrected chi connectivity index (χ1v) is 7.00. The number of fused-ring (bicyclic) bond motifs is 2. The summed E-state index contributed by atoms with van der Waals surface area (Å²) in [5.41, 5.74) is 0. The zero-order chi connectivity index (χ0) is 14.3. The van der Waals surface area contributed by atoms with Crippen molar-refractivity contribution in [1.29, 1.82) is 0 Å². The van der Waals surface area contributed by atoms with Crippen LogP contribution in [-0.2, 0) is 0 Å². The molecule has 0 aromatic heterocycles. The molecule has 2 nitrogen and oxygen atoms in total. The van der Waals surface area contributed by atoms with Crippen molar-refractivity contribution in [2.24, 2.45) is 0 Å². The van der Waals surface area contributed by atoms with E-state index >= 15 is 0 Å². The molecule has 0 fully saturated rings. The Hall–Kier alpha value is -1.75. The zero-order valence-corrected chi connectivity index (χ0v) is 11.8. The minimum absolute atomic E-state index is 0.0616. The van der Waals surface area contributed by atoms with E-state index in [4.69, 9.17) is 9.47 Å². The summed E-state index contributed by atoms with van der Waals surface area (Å²) >= 11 is 1.22. The molecule has 104 valence electrons. The number of rotatable bonds is 2. The fraction of sp³-hybridized carbons (Fsp3) is 0.200. The van der Waals surface area contributed by atoms with Crippen molar-refractivity contribution in [2.75, 3.05) is 0 Å². The maximum absolute atomic E-state index is 14.1. The van der Waals surface area contributed by atoms with Gasteiger partial charge in [-0.1, -0.05) is 11.8 Å². The van der Waals surface area contributed by atoms with Crippen molar-refractivity contribution in [3.63, 3.8) is 0 Å². The average Bonchev–Trinajstić information content (AvgIpc) is 2.36. The smallest absolute Gasteiger partial charge is 0.148 e. The van der Waals surface area contributed by atoms with Gasteiger partial charge in [0.1, 0.15) is 28.9 Å². The van der Waals surface area contributed by atoms with Gasteiger partial charge in [-0.25, -0.2) is 8.78 Å². The maximum atomic E-state index is 14.1. The van der Waals surface area contributed by atoms with Gasteiger partial charge in [0.15, 0.2) is 0 Å². The summed E-state index contributed by atoms with van der Waals surface area (Å²) in [4.78, 5) is 1.08. The van der Waals surface area contributed by atoms with Crippen molar-refractivity contribution >= 4 is 11.8 Å².